The molecule has 27 heavy (non-hydrogen) atoms. The topological polar surface area (TPSA) is 58.3 Å². The van der Waals surface area contributed by atoms with E-state index in [0.29, 0.717) is 17.9 Å². The van der Waals surface area contributed by atoms with Crippen LogP contribution in [0.25, 0.3) is 0 Å². The molecular weight excluding hydrogens is 356 g/mol. The van der Waals surface area contributed by atoms with E-state index in [9.17, 15) is 0 Å². The predicted octanol–water partition coefficient (Wildman–Crippen LogP) is 3.55. The Balaban J connectivity index is 1.63. The first-order valence-electron chi connectivity index (χ1n) is 10.0. The van der Waals surface area contributed by atoms with Gasteiger partial charge < -0.3 is 14.8 Å². The summed E-state index contributed by atoms with van der Waals surface area (Å²) in [6.07, 6.45) is 7.93. The normalized spacial score (nSPS) is 21.1. The summed E-state index contributed by atoms with van der Waals surface area (Å²) in [6.45, 7) is 12.5. The highest BCUT2D eigenvalue weighted by Gasteiger charge is 2.28. The summed E-state index contributed by atoms with van der Waals surface area (Å²) >= 11 is 1.76. The molecule has 0 aromatic carbocycles. The fourth-order valence-electron chi connectivity index (χ4n) is 3.50. The number of thiazole rings is 1. The van der Waals surface area contributed by atoms with E-state index in [4.69, 9.17) is 9.98 Å². The fraction of sp³-hybridized carbons (Fsp3) is 0.650. The average molecular weight is 389 g/mol. The molecule has 0 amide bonds. The Morgan fingerprint density at radius 1 is 1.44 bits per heavy atom. The van der Waals surface area contributed by atoms with Gasteiger partial charge in [0, 0.05) is 56.3 Å². The molecule has 1 aliphatic heterocycles. The molecule has 7 heteroatoms. The van der Waals surface area contributed by atoms with Crippen LogP contribution in [0.1, 0.15) is 56.8 Å². The van der Waals surface area contributed by atoms with E-state index in [1.54, 1.807) is 11.3 Å². The summed E-state index contributed by atoms with van der Waals surface area (Å²) < 4.78 is 2.24. The molecule has 2 atom stereocenters. The Morgan fingerprint density at radius 2 is 2.30 bits per heavy atom. The van der Waals surface area contributed by atoms with Gasteiger partial charge in [-0.05, 0) is 19.3 Å². The maximum atomic E-state index is 4.90. The van der Waals surface area contributed by atoms with E-state index in [1.807, 2.05) is 12.5 Å². The van der Waals surface area contributed by atoms with Crippen molar-refractivity contribution in [2.24, 2.45) is 10.9 Å². The number of piperidine rings is 1. The summed E-state index contributed by atoms with van der Waals surface area (Å²) in [5.41, 5.74) is 1.16. The lowest BCUT2D eigenvalue weighted by Crippen LogP contribution is -2.49. The number of imidazole rings is 1. The third-order valence-electron chi connectivity index (χ3n) is 5.15. The van der Waals surface area contributed by atoms with Crippen molar-refractivity contribution >= 4 is 17.3 Å². The molecule has 0 saturated carbocycles. The van der Waals surface area contributed by atoms with Crippen LogP contribution < -0.4 is 5.32 Å². The lowest BCUT2D eigenvalue weighted by atomic mass is 9.93. The first kappa shape index (κ1) is 19.9. The minimum absolute atomic E-state index is 0.442. The van der Waals surface area contributed by atoms with Crippen molar-refractivity contribution < 1.29 is 0 Å². The maximum Gasteiger partial charge on any atom is 0.193 e. The SMILES string of the molecule is CCNC(=NCCc1csc(C(C)C)n1)N1CCC(C)C(n2ccnc2)C1. The molecule has 3 heterocycles. The molecular formula is C20H32N6S. The van der Waals surface area contributed by atoms with Gasteiger partial charge in [0.15, 0.2) is 5.96 Å². The quantitative estimate of drug-likeness (QED) is 0.607. The molecule has 0 bridgehead atoms. The zero-order valence-electron chi connectivity index (χ0n) is 16.9. The largest absolute Gasteiger partial charge is 0.357 e. The lowest BCUT2D eigenvalue weighted by molar-refractivity contribution is 0.189. The Bertz CT molecular complexity index is 721. The highest BCUT2D eigenvalue weighted by Crippen LogP contribution is 2.27. The molecule has 1 saturated heterocycles. The van der Waals surface area contributed by atoms with Crippen molar-refractivity contribution in [1.29, 1.82) is 0 Å². The van der Waals surface area contributed by atoms with E-state index in [1.165, 1.54) is 5.01 Å². The fourth-order valence-corrected chi connectivity index (χ4v) is 4.37. The third-order valence-corrected chi connectivity index (χ3v) is 6.35. The summed E-state index contributed by atoms with van der Waals surface area (Å²) in [5, 5.41) is 6.87. The van der Waals surface area contributed by atoms with Gasteiger partial charge in [-0.25, -0.2) is 9.97 Å². The summed E-state index contributed by atoms with van der Waals surface area (Å²) in [4.78, 5) is 16.3. The minimum Gasteiger partial charge on any atom is -0.357 e. The van der Waals surface area contributed by atoms with Gasteiger partial charge in [-0.1, -0.05) is 20.8 Å². The number of rotatable bonds is 6. The molecule has 3 rings (SSSR count). The minimum atomic E-state index is 0.442. The van der Waals surface area contributed by atoms with Crippen LogP contribution >= 0.6 is 11.3 Å². The number of nitrogens with one attached hydrogen (secondary N) is 1. The van der Waals surface area contributed by atoms with E-state index in [0.717, 1.165) is 50.7 Å². The molecule has 6 nitrogen and oxygen atoms in total. The first-order chi connectivity index (χ1) is 13.1. The number of guanidine groups is 1. The number of aliphatic imine (C=N–C) groups is 1. The van der Waals surface area contributed by atoms with Crippen LogP contribution in [0.15, 0.2) is 29.1 Å². The second-order valence-corrected chi connectivity index (χ2v) is 8.50. The Kier molecular flexibility index (Phi) is 6.88. The van der Waals surface area contributed by atoms with Gasteiger partial charge in [0.05, 0.1) is 23.1 Å². The highest BCUT2D eigenvalue weighted by molar-refractivity contribution is 7.09. The number of likely N-dealkylation sites (tertiary alicyclic amines) is 1. The molecule has 1 fully saturated rings. The van der Waals surface area contributed by atoms with E-state index < -0.39 is 0 Å². The summed E-state index contributed by atoms with van der Waals surface area (Å²) in [5.74, 6) is 2.16. The van der Waals surface area contributed by atoms with Crippen LogP contribution in [0.4, 0.5) is 0 Å². The summed E-state index contributed by atoms with van der Waals surface area (Å²) in [6, 6.07) is 0.442. The predicted molar refractivity (Wildman–Crippen MR) is 113 cm³/mol. The van der Waals surface area contributed by atoms with Gasteiger partial charge >= 0.3 is 0 Å². The van der Waals surface area contributed by atoms with Crippen LogP contribution in [-0.4, -0.2) is 51.6 Å². The Morgan fingerprint density at radius 3 is 2.96 bits per heavy atom. The number of hydrogen-bond donors (Lipinski definition) is 1. The first-order valence-corrected chi connectivity index (χ1v) is 10.9. The third kappa shape index (κ3) is 5.09. The van der Waals surface area contributed by atoms with Gasteiger partial charge in [-0.15, -0.1) is 11.3 Å². The lowest BCUT2D eigenvalue weighted by Gasteiger charge is -2.39. The number of hydrogen-bond acceptors (Lipinski definition) is 4. The van der Waals surface area contributed by atoms with Gasteiger partial charge in [0.1, 0.15) is 0 Å². The number of aromatic nitrogens is 3. The van der Waals surface area contributed by atoms with Gasteiger partial charge in [-0.2, -0.15) is 0 Å². The van der Waals surface area contributed by atoms with Crippen molar-refractivity contribution in [1.82, 2.24) is 24.8 Å². The van der Waals surface area contributed by atoms with Crippen molar-refractivity contribution in [2.75, 3.05) is 26.2 Å². The van der Waals surface area contributed by atoms with E-state index >= 15 is 0 Å². The molecule has 0 radical (unpaired) electrons. The van der Waals surface area contributed by atoms with Crippen molar-refractivity contribution in [3.8, 4) is 0 Å². The zero-order chi connectivity index (χ0) is 19.2. The molecule has 1 N–H and O–H groups in total. The van der Waals surface area contributed by atoms with E-state index in [-0.39, 0.29) is 0 Å². The van der Waals surface area contributed by atoms with Crippen molar-refractivity contribution in [3.05, 3.63) is 34.8 Å². The van der Waals surface area contributed by atoms with Crippen LogP contribution in [0.2, 0.25) is 0 Å². The van der Waals surface area contributed by atoms with Crippen LogP contribution in [0.5, 0.6) is 0 Å². The zero-order valence-corrected chi connectivity index (χ0v) is 17.7. The summed E-state index contributed by atoms with van der Waals surface area (Å²) in [7, 11) is 0. The molecule has 0 aliphatic carbocycles. The van der Waals surface area contributed by atoms with Crippen LogP contribution in [0, 0.1) is 5.92 Å². The van der Waals surface area contributed by atoms with Gasteiger partial charge in [0.2, 0.25) is 0 Å². The molecule has 148 valence electrons. The number of nitrogens with zero attached hydrogens (tertiary/aromatic N) is 5. The maximum absolute atomic E-state index is 4.90. The average Bonchev–Trinajstić information content (AvgIpc) is 3.33. The smallest absolute Gasteiger partial charge is 0.193 e. The monoisotopic (exact) mass is 388 g/mol. The Labute approximate surface area is 166 Å². The van der Waals surface area contributed by atoms with Crippen molar-refractivity contribution in [3.63, 3.8) is 0 Å². The Hall–Kier alpha value is -1.89. The van der Waals surface area contributed by atoms with Gasteiger partial charge in [-0.3, -0.25) is 4.99 Å². The molecule has 2 unspecified atom stereocenters. The van der Waals surface area contributed by atoms with Gasteiger partial charge in [0.25, 0.3) is 0 Å². The second-order valence-electron chi connectivity index (χ2n) is 7.61. The molecule has 1 aliphatic rings. The molecule has 2 aromatic rings. The van der Waals surface area contributed by atoms with Crippen molar-refractivity contribution in [2.45, 2.75) is 52.5 Å². The highest BCUT2D eigenvalue weighted by atomic mass is 32.1. The molecule has 0 spiro atoms. The van der Waals surface area contributed by atoms with E-state index in [2.05, 4.69) is 59.0 Å². The van der Waals surface area contributed by atoms with Crippen LogP contribution in [-0.2, 0) is 6.42 Å². The standard InChI is InChI=1S/C20H32N6S/c1-5-22-20(23-8-6-17-13-27-19(24-17)15(2)3)25-10-7-16(4)18(12-25)26-11-9-21-14-26/h9,11,13-16,18H,5-8,10,12H2,1-4H3,(H,22,23). The molecule has 2 aromatic heterocycles. The second kappa shape index (κ2) is 9.35. The van der Waals surface area contributed by atoms with Crippen LogP contribution in [0.3, 0.4) is 0 Å².